The molecular formula is C48H69F2N5O7. The van der Waals surface area contributed by atoms with Crippen molar-refractivity contribution in [1.82, 2.24) is 15.1 Å². The zero-order chi connectivity index (χ0) is 44.3. The molecule has 3 fully saturated rings. The molecule has 0 radical (unpaired) electrons. The Kier molecular flexibility index (Phi) is 19.9. The van der Waals surface area contributed by atoms with Crippen LogP contribution in [0.4, 0.5) is 8.78 Å². The Hall–Kier alpha value is -4.13. The minimum atomic E-state index is -2.68. The van der Waals surface area contributed by atoms with Crippen LogP contribution in [0.25, 0.3) is 0 Å². The molecule has 0 spiro atoms. The highest BCUT2D eigenvalue weighted by atomic mass is 19.3. The first-order valence-corrected chi connectivity index (χ1v) is 22.5. The van der Waals surface area contributed by atoms with E-state index in [0.29, 0.717) is 89.8 Å². The van der Waals surface area contributed by atoms with Crippen LogP contribution in [0.15, 0.2) is 54.6 Å². The van der Waals surface area contributed by atoms with Crippen LogP contribution in [0, 0.1) is 35.0 Å². The number of amidine groups is 2. The number of carbonyl (C=O) groups excluding carboxylic acids is 1. The summed E-state index contributed by atoms with van der Waals surface area (Å²) in [5.74, 6) is 1.54. The van der Waals surface area contributed by atoms with E-state index in [0.717, 1.165) is 42.9 Å². The number of carbonyl (C=O) groups is 1. The van der Waals surface area contributed by atoms with Gasteiger partial charge in [0.1, 0.15) is 36.7 Å². The number of likely N-dealkylation sites (tertiary alicyclic amines) is 1. The van der Waals surface area contributed by atoms with E-state index in [1.807, 2.05) is 59.5 Å². The number of hydrogen-bond donors (Lipinski definition) is 3. The lowest BCUT2D eigenvalue weighted by Crippen LogP contribution is -2.51. The lowest BCUT2D eigenvalue weighted by Gasteiger charge is -2.42. The molecule has 4 atom stereocenters. The molecule has 5 rings (SSSR count). The van der Waals surface area contributed by atoms with Crippen molar-refractivity contribution in [3.63, 3.8) is 0 Å². The Morgan fingerprint density at radius 3 is 2.08 bits per heavy atom. The predicted molar refractivity (Wildman–Crippen MR) is 236 cm³/mol. The number of rotatable bonds is 26. The van der Waals surface area contributed by atoms with Crippen LogP contribution < -0.4 is 14.8 Å². The normalized spacial score (nSPS) is 22.2. The maximum Gasteiger partial charge on any atom is 0.248 e. The van der Waals surface area contributed by atoms with Gasteiger partial charge in [0.2, 0.25) is 11.8 Å². The molecule has 14 heteroatoms. The summed E-state index contributed by atoms with van der Waals surface area (Å²) in [6, 6.07) is 17.8. The topological polar surface area (TPSA) is 139 Å². The molecule has 1 saturated heterocycles. The summed E-state index contributed by atoms with van der Waals surface area (Å²) in [7, 11) is 0. The van der Waals surface area contributed by atoms with Crippen LogP contribution >= 0.6 is 0 Å². The number of nitrogens with one attached hydrogen (secondary N) is 3. The number of terminal acetylenes is 1. The van der Waals surface area contributed by atoms with Crippen molar-refractivity contribution in [3.8, 4) is 23.8 Å². The summed E-state index contributed by atoms with van der Waals surface area (Å²) < 4.78 is 61.3. The van der Waals surface area contributed by atoms with E-state index in [4.69, 9.17) is 40.3 Å². The lowest BCUT2D eigenvalue weighted by atomic mass is 9.80. The van der Waals surface area contributed by atoms with Crippen molar-refractivity contribution in [3.05, 3.63) is 60.2 Å². The summed E-state index contributed by atoms with van der Waals surface area (Å²) in [6.07, 6.45) is 10.1. The maximum atomic E-state index is 13.8. The number of benzene rings is 2. The molecule has 1 heterocycles. The molecule has 342 valence electrons. The van der Waals surface area contributed by atoms with Crippen LogP contribution in [0.2, 0.25) is 0 Å². The molecule has 62 heavy (non-hydrogen) atoms. The SMILES string of the molecule is C#CCOCCOCCOCCOCCOc1ccc(OC2CC(C(=N)N(C(C)=N)C(C)CC3CCC(C)N3CCC(NC(=O)C3CCC(F)(F)CC3)c3ccccc3)C2)cc1. The molecule has 0 bridgehead atoms. The van der Waals surface area contributed by atoms with E-state index in [-0.39, 0.29) is 74.3 Å². The van der Waals surface area contributed by atoms with Crippen LogP contribution in [-0.4, -0.2) is 124 Å². The fraction of sp³-hybridized carbons (Fsp3) is 0.646. The average molecular weight is 866 g/mol. The molecule has 0 aromatic heterocycles. The Morgan fingerprint density at radius 2 is 1.47 bits per heavy atom. The van der Waals surface area contributed by atoms with Crippen molar-refractivity contribution in [1.29, 1.82) is 10.8 Å². The molecule has 2 aromatic carbocycles. The molecule has 2 saturated carbocycles. The molecule has 2 aromatic rings. The second kappa shape index (κ2) is 25.2. The summed E-state index contributed by atoms with van der Waals surface area (Å²) in [5.41, 5.74) is 1.02. The van der Waals surface area contributed by atoms with Gasteiger partial charge in [0, 0.05) is 49.3 Å². The third kappa shape index (κ3) is 15.6. The van der Waals surface area contributed by atoms with Gasteiger partial charge in [-0.15, -0.1) is 6.42 Å². The predicted octanol–water partition coefficient (Wildman–Crippen LogP) is 7.90. The maximum absolute atomic E-state index is 13.8. The second-order valence-electron chi connectivity index (χ2n) is 17.0. The molecule has 3 aliphatic rings. The van der Waals surface area contributed by atoms with Crippen molar-refractivity contribution >= 4 is 17.6 Å². The zero-order valence-corrected chi connectivity index (χ0v) is 37.0. The minimum absolute atomic E-state index is 0.00585. The zero-order valence-electron chi connectivity index (χ0n) is 37.0. The Bertz CT molecular complexity index is 1700. The molecular weight excluding hydrogens is 797 g/mol. The Morgan fingerprint density at radius 1 is 0.871 bits per heavy atom. The fourth-order valence-electron chi connectivity index (χ4n) is 8.80. The number of halogens is 2. The van der Waals surface area contributed by atoms with Gasteiger partial charge in [-0.3, -0.25) is 20.5 Å². The molecule has 12 nitrogen and oxygen atoms in total. The van der Waals surface area contributed by atoms with Crippen LogP contribution in [0.1, 0.15) is 96.6 Å². The van der Waals surface area contributed by atoms with Gasteiger partial charge >= 0.3 is 0 Å². The van der Waals surface area contributed by atoms with Crippen molar-refractivity contribution in [2.45, 2.75) is 121 Å². The van der Waals surface area contributed by atoms with Gasteiger partial charge < -0.3 is 38.6 Å². The van der Waals surface area contributed by atoms with E-state index in [9.17, 15) is 19.0 Å². The first-order chi connectivity index (χ1) is 29.9. The summed E-state index contributed by atoms with van der Waals surface area (Å²) in [4.78, 5) is 17.8. The van der Waals surface area contributed by atoms with Crippen molar-refractivity contribution in [2.24, 2.45) is 11.8 Å². The summed E-state index contributed by atoms with van der Waals surface area (Å²) in [5, 5.41) is 21.1. The number of alkyl halides is 2. The number of hydrogen-bond acceptors (Lipinski definition) is 10. The van der Waals surface area contributed by atoms with Crippen molar-refractivity contribution in [2.75, 3.05) is 66.0 Å². The van der Waals surface area contributed by atoms with E-state index in [1.165, 1.54) is 0 Å². The van der Waals surface area contributed by atoms with Crippen LogP contribution in [0.3, 0.4) is 0 Å². The molecule has 1 aliphatic heterocycles. The molecule has 2 aliphatic carbocycles. The molecule has 1 amide bonds. The smallest absolute Gasteiger partial charge is 0.248 e. The van der Waals surface area contributed by atoms with Crippen LogP contribution in [0.5, 0.6) is 11.5 Å². The van der Waals surface area contributed by atoms with E-state index >= 15 is 0 Å². The summed E-state index contributed by atoms with van der Waals surface area (Å²) >= 11 is 0. The Labute approximate surface area is 367 Å². The van der Waals surface area contributed by atoms with Gasteiger partial charge in [-0.1, -0.05) is 36.3 Å². The van der Waals surface area contributed by atoms with Gasteiger partial charge in [-0.2, -0.15) is 0 Å². The third-order valence-corrected chi connectivity index (χ3v) is 12.3. The van der Waals surface area contributed by atoms with Gasteiger partial charge in [0.25, 0.3) is 0 Å². The highest BCUT2D eigenvalue weighted by Gasteiger charge is 2.40. The highest BCUT2D eigenvalue weighted by Crippen LogP contribution is 2.38. The Balaban J connectivity index is 1.00. The molecule has 3 N–H and O–H groups in total. The first kappa shape index (κ1) is 48.9. The average Bonchev–Trinajstić information content (AvgIpc) is 3.58. The van der Waals surface area contributed by atoms with Crippen LogP contribution in [-0.2, 0) is 23.7 Å². The number of ether oxygens (including phenoxy) is 6. The van der Waals surface area contributed by atoms with Gasteiger partial charge in [-0.05, 0) is 102 Å². The van der Waals surface area contributed by atoms with E-state index in [1.54, 1.807) is 6.92 Å². The van der Waals surface area contributed by atoms with E-state index in [2.05, 4.69) is 30.0 Å². The monoisotopic (exact) mass is 866 g/mol. The first-order valence-electron chi connectivity index (χ1n) is 22.5. The third-order valence-electron chi connectivity index (χ3n) is 12.3. The van der Waals surface area contributed by atoms with Gasteiger partial charge in [-0.25, -0.2) is 8.78 Å². The van der Waals surface area contributed by atoms with Gasteiger partial charge in [0.15, 0.2) is 0 Å². The quantitative estimate of drug-likeness (QED) is 0.0373. The number of amides is 1. The van der Waals surface area contributed by atoms with Crippen molar-refractivity contribution < 1.29 is 42.0 Å². The minimum Gasteiger partial charge on any atom is -0.491 e. The molecule has 4 unspecified atom stereocenters. The second-order valence-corrected chi connectivity index (χ2v) is 17.0. The standard InChI is InChI=1S/C48H69F2N5O7/c1-5-23-57-24-25-58-26-27-59-28-29-60-30-31-61-42-13-15-43(16-14-42)62-44-33-40(34-44)46(52)55(37(4)51)36(3)32-41-12-11-35(2)54(41)22-19-45(38-9-7-6-8-10-38)53-47(56)39-17-20-48(49,50)21-18-39/h1,6-10,13-16,35-36,39-41,44-45,51-52H,11-12,17-34H2,2-4H3,(H,53,56). The van der Waals surface area contributed by atoms with E-state index < -0.39 is 5.92 Å². The van der Waals surface area contributed by atoms with Gasteiger partial charge in [0.05, 0.1) is 58.1 Å². The fourth-order valence-corrected chi connectivity index (χ4v) is 8.80. The summed E-state index contributed by atoms with van der Waals surface area (Å²) in [6.45, 7) is 10.9. The number of nitrogens with zero attached hydrogens (tertiary/aromatic N) is 2. The highest BCUT2D eigenvalue weighted by molar-refractivity contribution is 5.98. The largest absolute Gasteiger partial charge is 0.491 e. The lowest BCUT2D eigenvalue weighted by molar-refractivity contribution is -0.130.